The lowest BCUT2D eigenvalue weighted by molar-refractivity contribution is 0.300. The molecule has 0 bridgehead atoms. The smallest absolute Gasteiger partial charge is 0.130 e. The van der Waals surface area contributed by atoms with E-state index in [1.807, 2.05) is 0 Å². The molecule has 0 atom stereocenters. The van der Waals surface area contributed by atoms with Gasteiger partial charge in [0, 0.05) is 16.1 Å². The van der Waals surface area contributed by atoms with Crippen LogP contribution in [0, 0.1) is 6.92 Å². The molecule has 162 valence electrons. The van der Waals surface area contributed by atoms with Crippen LogP contribution in [0.2, 0.25) is 0 Å². The van der Waals surface area contributed by atoms with Gasteiger partial charge < -0.3 is 9.47 Å². The number of hydrogen-bond donors (Lipinski definition) is 0. The summed E-state index contributed by atoms with van der Waals surface area (Å²) in [5.74, 6) is 2.02. The summed E-state index contributed by atoms with van der Waals surface area (Å²) in [6, 6.07) is 10.6. The third-order valence-corrected chi connectivity index (χ3v) is 5.98. The van der Waals surface area contributed by atoms with E-state index in [-0.39, 0.29) is 0 Å². The minimum Gasteiger partial charge on any atom is -0.493 e. The molecule has 0 spiro atoms. The fourth-order valence-electron chi connectivity index (χ4n) is 3.72. The molecule has 0 aromatic heterocycles. The summed E-state index contributed by atoms with van der Waals surface area (Å²) < 4.78 is 12.4. The molecular weight excluding hydrogens is 424 g/mol. The molecule has 3 heteroatoms. The summed E-state index contributed by atoms with van der Waals surface area (Å²) in [5.41, 5.74) is 1.17. The van der Waals surface area contributed by atoms with Crippen LogP contribution in [0.1, 0.15) is 83.1 Å². The molecule has 0 amide bonds. The Kier molecular flexibility index (Phi) is 12.2. The molecule has 0 unspecified atom stereocenters. The van der Waals surface area contributed by atoms with E-state index in [0.29, 0.717) is 0 Å². The van der Waals surface area contributed by atoms with Crippen molar-refractivity contribution in [2.75, 3.05) is 18.5 Å². The van der Waals surface area contributed by atoms with E-state index in [2.05, 4.69) is 60.1 Å². The minimum atomic E-state index is 0.791. The van der Waals surface area contributed by atoms with Crippen LogP contribution in [0.25, 0.3) is 10.8 Å². The van der Waals surface area contributed by atoms with E-state index in [1.54, 1.807) is 0 Å². The van der Waals surface area contributed by atoms with Crippen LogP contribution >= 0.6 is 15.9 Å². The maximum atomic E-state index is 6.22. The van der Waals surface area contributed by atoms with E-state index >= 15 is 0 Å². The van der Waals surface area contributed by atoms with Crippen molar-refractivity contribution < 1.29 is 9.47 Å². The summed E-state index contributed by atoms with van der Waals surface area (Å²) in [7, 11) is 0. The quantitative estimate of drug-likeness (QED) is 0.183. The highest BCUT2D eigenvalue weighted by atomic mass is 79.9. The van der Waals surface area contributed by atoms with Gasteiger partial charge in [-0.3, -0.25) is 0 Å². The number of halogens is 1. The Morgan fingerprint density at radius 2 is 1.31 bits per heavy atom. The second-order valence-corrected chi connectivity index (χ2v) is 8.78. The van der Waals surface area contributed by atoms with E-state index in [0.717, 1.165) is 48.3 Å². The molecule has 2 aromatic carbocycles. The number of ether oxygens (including phenoxy) is 2. The Morgan fingerprint density at radius 1 is 0.724 bits per heavy atom. The molecule has 2 rings (SSSR count). The normalized spacial score (nSPS) is 11.1. The van der Waals surface area contributed by atoms with Crippen LogP contribution in [0.4, 0.5) is 0 Å². The minimum absolute atomic E-state index is 0.791. The molecule has 0 saturated heterocycles. The average Bonchev–Trinajstić information content (AvgIpc) is 2.74. The lowest BCUT2D eigenvalue weighted by Gasteiger charge is -2.16. The number of aryl methyl sites for hydroxylation is 1. The van der Waals surface area contributed by atoms with Crippen LogP contribution in [0.3, 0.4) is 0 Å². The summed E-state index contributed by atoms with van der Waals surface area (Å²) in [4.78, 5) is 0. The number of hydrogen-bond acceptors (Lipinski definition) is 2. The van der Waals surface area contributed by atoms with Gasteiger partial charge in [0.25, 0.3) is 0 Å². The average molecular weight is 464 g/mol. The molecule has 29 heavy (non-hydrogen) atoms. The van der Waals surface area contributed by atoms with Crippen molar-refractivity contribution in [2.45, 2.75) is 84.5 Å². The van der Waals surface area contributed by atoms with E-state index in [4.69, 9.17) is 9.47 Å². The number of fused-ring (bicyclic) bond motifs is 1. The first-order valence-electron chi connectivity index (χ1n) is 11.6. The highest BCUT2D eigenvalue weighted by Gasteiger charge is 2.11. The number of benzene rings is 2. The summed E-state index contributed by atoms with van der Waals surface area (Å²) >= 11 is 3.50. The summed E-state index contributed by atoms with van der Waals surface area (Å²) in [6.07, 6.45) is 13.9. The zero-order chi connectivity index (χ0) is 20.7. The predicted octanol–water partition coefficient (Wildman–Crippen LogP) is 8.61. The van der Waals surface area contributed by atoms with Crippen molar-refractivity contribution >= 4 is 26.7 Å². The van der Waals surface area contributed by atoms with Gasteiger partial charge in [0.05, 0.1) is 13.2 Å². The fourth-order valence-corrected chi connectivity index (χ4v) is 4.12. The van der Waals surface area contributed by atoms with Gasteiger partial charge in [-0.25, -0.2) is 0 Å². The van der Waals surface area contributed by atoms with Crippen LogP contribution in [-0.2, 0) is 0 Å². The molecule has 0 aliphatic carbocycles. The number of alkyl halides is 1. The SMILES string of the molecule is CCCCCCCOc1c(C)cc(OCCCCCCCCBr)c2ccccc12. The van der Waals surface area contributed by atoms with Gasteiger partial charge in [0.1, 0.15) is 11.5 Å². The maximum Gasteiger partial charge on any atom is 0.130 e. The molecule has 0 aliphatic heterocycles. The first kappa shape index (κ1) is 24.1. The lowest BCUT2D eigenvalue weighted by atomic mass is 10.0. The lowest BCUT2D eigenvalue weighted by Crippen LogP contribution is -2.02. The van der Waals surface area contributed by atoms with Crippen LogP contribution in [0.15, 0.2) is 30.3 Å². The van der Waals surface area contributed by atoms with Gasteiger partial charge in [-0.15, -0.1) is 0 Å². The van der Waals surface area contributed by atoms with Crippen LogP contribution < -0.4 is 9.47 Å². The van der Waals surface area contributed by atoms with Gasteiger partial charge in [0.2, 0.25) is 0 Å². The van der Waals surface area contributed by atoms with Crippen molar-refractivity contribution in [3.63, 3.8) is 0 Å². The summed E-state index contributed by atoms with van der Waals surface area (Å²) in [6.45, 7) is 5.97. The molecule has 0 fully saturated rings. The van der Waals surface area contributed by atoms with Crippen molar-refractivity contribution in [1.29, 1.82) is 0 Å². The molecule has 0 radical (unpaired) electrons. The third-order valence-electron chi connectivity index (χ3n) is 5.42. The highest BCUT2D eigenvalue weighted by Crippen LogP contribution is 2.36. The molecule has 0 N–H and O–H groups in total. The Hall–Kier alpha value is -1.22. The zero-order valence-electron chi connectivity index (χ0n) is 18.5. The Bertz CT molecular complexity index is 698. The topological polar surface area (TPSA) is 18.5 Å². The van der Waals surface area contributed by atoms with Crippen molar-refractivity contribution in [2.24, 2.45) is 0 Å². The molecule has 2 nitrogen and oxygen atoms in total. The molecule has 2 aromatic rings. The first-order valence-corrected chi connectivity index (χ1v) is 12.7. The van der Waals surface area contributed by atoms with Gasteiger partial charge in [-0.1, -0.05) is 98.5 Å². The van der Waals surface area contributed by atoms with Crippen molar-refractivity contribution in [3.05, 3.63) is 35.9 Å². The van der Waals surface area contributed by atoms with Crippen LogP contribution in [0.5, 0.6) is 11.5 Å². The highest BCUT2D eigenvalue weighted by molar-refractivity contribution is 9.09. The third kappa shape index (κ3) is 8.58. The zero-order valence-corrected chi connectivity index (χ0v) is 20.1. The van der Waals surface area contributed by atoms with Gasteiger partial charge in [0.15, 0.2) is 0 Å². The Morgan fingerprint density at radius 3 is 2.00 bits per heavy atom. The Labute approximate surface area is 186 Å². The number of unbranched alkanes of at least 4 members (excludes halogenated alkanes) is 9. The van der Waals surface area contributed by atoms with E-state index in [9.17, 15) is 0 Å². The first-order chi connectivity index (χ1) is 14.3. The van der Waals surface area contributed by atoms with E-state index < -0.39 is 0 Å². The molecule has 0 saturated carbocycles. The second-order valence-electron chi connectivity index (χ2n) is 7.99. The van der Waals surface area contributed by atoms with Crippen molar-refractivity contribution in [3.8, 4) is 11.5 Å². The summed E-state index contributed by atoms with van der Waals surface area (Å²) in [5, 5.41) is 3.46. The predicted molar refractivity (Wildman–Crippen MR) is 130 cm³/mol. The van der Waals surface area contributed by atoms with Gasteiger partial charge in [-0.05, 0) is 37.8 Å². The second kappa shape index (κ2) is 14.7. The van der Waals surface area contributed by atoms with Crippen LogP contribution in [-0.4, -0.2) is 18.5 Å². The van der Waals surface area contributed by atoms with E-state index in [1.165, 1.54) is 68.7 Å². The van der Waals surface area contributed by atoms with Gasteiger partial charge in [-0.2, -0.15) is 0 Å². The Balaban J connectivity index is 1.88. The molecule has 0 heterocycles. The molecular formula is C26H39BrO2. The van der Waals surface area contributed by atoms with Gasteiger partial charge >= 0.3 is 0 Å². The van der Waals surface area contributed by atoms with Crippen molar-refractivity contribution in [1.82, 2.24) is 0 Å². The molecule has 0 aliphatic rings. The monoisotopic (exact) mass is 462 g/mol. The standard InChI is InChI=1S/C26H39BrO2/c1-3-4-5-9-15-20-29-26-22(2)21-25(23-16-11-12-17-24(23)26)28-19-14-10-7-6-8-13-18-27/h11-12,16-17,21H,3-10,13-15,18-20H2,1-2H3. The number of rotatable bonds is 16. The maximum absolute atomic E-state index is 6.22. The fraction of sp³-hybridized carbons (Fsp3) is 0.615. The largest absolute Gasteiger partial charge is 0.493 e.